The maximum Gasteiger partial charge on any atom is 0.332 e. The molecular weight excluding hydrogens is 404 g/mol. The highest BCUT2D eigenvalue weighted by Crippen LogP contribution is 2.20. The van der Waals surface area contributed by atoms with Crippen LogP contribution < -0.4 is 0 Å². The fourth-order valence-electron chi connectivity index (χ4n) is 3.86. The molecule has 0 aromatic carbocycles. The lowest BCUT2D eigenvalue weighted by atomic mass is 9.94. The van der Waals surface area contributed by atoms with E-state index < -0.39 is 0 Å². The Bertz CT molecular complexity index is 375. The quantitative estimate of drug-likeness (QED) is 0.102. The fourth-order valence-corrected chi connectivity index (χ4v) is 3.86. The Labute approximate surface area is 199 Å². The van der Waals surface area contributed by atoms with Gasteiger partial charge >= 0.3 is 5.97 Å². The normalized spacial score (nSPS) is 12.2. The van der Waals surface area contributed by atoms with Crippen molar-refractivity contribution >= 4 is 5.97 Å². The van der Waals surface area contributed by atoms with Crippen molar-refractivity contribution in [1.29, 1.82) is 0 Å². The first-order valence-corrected chi connectivity index (χ1v) is 13.5. The Kier molecular flexibility index (Phi) is 26.1. The number of hydrogen-bond donors (Lipinski definition) is 0. The third-order valence-corrected chi connectivity index (χ3v) is 5.94. The second-order valence-electron chi connectivity index (χ2n) is 9.03. The fraction of sp³-hybridized carbons (Fsp3) is 0.963. The van der Waals surface area contributed by atoms with Crippen LogP contribution >= 0.6 is 0 Å². The van der Waals surface area contributed by atoms with Crippen LogP contribution in [0.3, 0.4) is 0 Å². The van der Waals surface area contributed by atoms with Crippen molar-refractivity contribution in [2.45, 2.75) is 117 Å². The van der Waals surface area contributed by atoms with E-state index in [1.165, 1.54) is 103 Å². The van der Waals surface area contributed by atoms with Crippen molar-refractivity contribution in [3.8, 4) is 0 Å². The third kappa shape index (κ3) is 24.0. The number of carbonyl (C=O) groups is 1. The zero-order chi connectivity index (χ0) is 23.5. The summed E-state index contributed by atoms with van der Waals surface area (Å²) in [5, 5.41) is 0. The van der Waals surface area contributed by atoms with Gasteiger partial charge in [0.1, 0.15) is 6.61 Å². The lowest BCUT2D eigenvalue weighted by Gasteiger charge is -2.17. The molecule has 5 heteroatoms. The van der Waals surface area contributed by atoms with E-state index in [1.54, 1.807) is 7.11 Å². The van der Waals surface area contributed by atoms with E-state index in [1.807, 2.05) is 0 Å². The number of hydrogen-bond acceptors (Lipinski definition) is 5. The van der Waals surface area contributed by atoms with Crippen LogP contribution in [0.5, 0.6) is 0 Å². The number of carbonyl (C=O) groups excluding carboxylic acids is 1. The minimum Gasteiger partial charge on any atom is -0.464 e. The van der Waals surface area contributed by atoms with Crippen molar-refractivity contribution in [2.75, 3.05) is 46.8 Å². The Morgan fingerprint density at radius 1 is 0.625 bits per heavy atom. The van der Waals surface area contributed by atoms with E-state index in [9.17, 15) is 4.79 Å². The van der Waals surface area contributed by atoms with Crippen LogP contribution in [-0.4, -0.2) is 52.7 Å². The summed E-state index contributed by atoms with van der Waals surface area (Å²) >= 11 is 0. The van der Waals surface area contributed by atoms with E-state index in [-0.39, 0.29) is 12.6 Å². The molecule has 0 aromatic rings. The first-order chi connectivity index (χ1) is 15.7. The molecule has 0 spiro atoms. The van der Waals surface area contributed by atoms with Crippen LogP contribution in [-0.2, 0) is 23.7 Å². The van der Waals surface area contributed by atoms with Gasteiger partial charge in [0.2, 0.25) is 0 Å². The summed E-state index contributed by atoms with van der Waals surface area (Å²) in [4.78, 5) is 12.0. The zero-order valence-electron chi connectivity index (χ0n) is 21.7. The van der Waals surface area contributed by atoms with Crippen molar-refractivity contribution in [2.24, 2.45) is 5.92 Å². The van der Waals surface area contributed by atoms with Crippen LogP contribution in [0.15, 0.2) is 0 Å². The highest BCUT2D eigenvalue weighted by atomic mass is 16.6. The first-order valence-electron chi connectivity index (χ1n) is 13.5. The predicted octanol–water partition coefficient (Wildman–Crippen LogP) is 7.11. The van der Waals surface area contributed by atoms with E-state index in [2.05, 4.69) is 13.8 Å². The van der Waals surface area contributed by atoms with E-state index in [0.717, 1.165) is 0 Å². The minimum absolute atomic E-state index is 0.00906. The minimum atomic E-state index is -0.259. The van der Waals surface area contributed by atoms with Gasteiger partial charge in [0.25, 0.3) is 0 Å². The van der Waals surface area contributed by atoms with Gasteiger partial charge in [-0.3, -0.25) is 0 Å². The van der Waals surface area contributed by atoms with Gasteiger partial charge in [-0.25, -0.2) is 4.79 Å². The average molecular weight is 459 g/mol. The van der Waals surface area contributed by atoms with Gasteiger partial charge in [0.15, 0.2) is 0 Å². The molecule has 0 N–H and O–H groups in total. The van der Waals surface area contributed by atoms with Crippen LogP contribution in [0.2, 0.25) is 0 Å². The number of rotatable bonds is 26. The van der Waals surface area contributed by atoms with E-state index in [4.69, 9.17) is 18.9 Å². The number of unbranched alkanes of at least 4 members (excludes halogenated alkanes) is 12. The van der Waals surface area contributed by atoms with Gasteiger partial charge in [-0.15, -0.1) is 0 Å². The lowest BCUT2D eigenvalue weighted by molar-refractivity contribution is -0.151. The van der Waals surface area contributed by atoms with Gasteiger partial charge in [-0.05, 0) is 18.8 Å². The summed E-state index contributed by atoms with van der Waals surface area (Å²) in [7, 11) is 1.64. The summed E-state index contributed by atoms with van der Waals surface area (Å²) in [5.74, 6) is 0.230. The molecule has 0 heterocycles. The largest absolute Gasteiger partial charge is 0.464 e. The molecule has 0 aromatic heterocycles. The van der Waals surface area contributed by atoms with Crippen molar-refractivity contribution < 1.29 is 23.7 Å². The van der Waals surface area contributed by atoms with Crippen molar-refractivity contribution in [3.63, 3.8) is 0 Å². The first kappa shape index (κ1) is 31.4. The Morgan fingerprint density at radius 2 is 1.09 bits per heavy atom. The number of ether oxygens (including phenoxy) is 4. The van der Waals surface area contributed by atoms with Gasteiger partial charge < -0.3 is 18.9 Å². The maximum absolute atomic E-state index is 12.0. The summed E-state index contributed by atoms with van der Waals surface area (Å²) < 4.78 is 21.1. The third-order valence-electron chi connectivity index (χ3n) is 5.94. The van der Waals surface area contributed by atoms with Crippen molar-refractivity contribution in [3.05, 3.63) is 0 Å². The molecule has 0 saturated carbocycles. The van der Waals surface area contributed by atoms with Gasteiger partial charge in [-0.1, -0.05) is 104 Å². The molecule has 32 heavy (non-hydrogen) atoms. The number of methoxy groups -OCH3 is 1. The van der Waals surface area contributed by atoms with Gasteiger partial charge in [0.05, 0.1) is 33.0 Å². The molecule has 0 aliphatic carbocycles. The molecule has 0 radical (unpaired) electrons. The monoisotopic (exact) mass is 458 g/mol. The molecule has 0 saturated heterocycles. The number of esters is 1. The summed E-state index contributed by atoms with van der Waals surface area (Å²) in [6.07, 6.45) is 20.9. The Hall–Kier alpha value is -0.650. The molecule has 1 atom stereocenters. The predicted molar refractivity (Wildman–Crippen MR) is 133 cm³/mol. The SMILES string of the molecule is CCCCCCCCCCC(CCCCCCCC)COC(=O)COCCOCCOC. The molecule has 192 valence electrons. The van der Waals surface area contributed by atoms with Gasteiger partial charge in [0, 0.05) is 7.11 Å². The smallest absolute Gasteiger partial charge is 0.332 e. The maximum atomic E-state index is 12.0. The highest BCUT2D eigenvalue weighted by Gasteiger charge is 2.12. The van der Waals surface area contributed by atoms with Gasteiger partial charge in [-0.2, -0.15) is 0 Å². The second kappa shape index (κ2) is 26.6. The Morgan fingerprint density at radius 3 is 1.62 bits per heavy atom. The molecule has 0 aliphatic rings. The highest BCUT2D eigenvalue weighted by molar-refractivity contribution is 5.70. The standard InChI is InChI=1S/C27H54O5/c1-4-6-8-10-12-13-15-17-19-26(18-16-14-11-9-7-5-2)24-32-27(28)25-31-23-22-30-21-20-29-3/h26H,4-25H2,1-3H3. The molecule has 1 unspecified atom stereocenters. The van der Waals surface area contributed by atoms with Crippen LogP contribution in [0.4, 0.5) is 0 Å². The topological polar surface area (TPSA) is 54.0 Å². The summed E-state index contributed by atoms with van der Waals surface area (Å²) in [6.45, 7) is 7.05. The van der Waals surface area contributed by atoms with Crippen LogP contribution in [0.25, 0.3) is 0 Å². The molecule has 0 aliphatic heterocycles. The molecule has 5 nitrogen and oxygen atoms in total. The Balaban J connectivity index is 3.97. The summed E-state index contributed by atoms with van der Waals surface area (Å²) in [5.41, 5.74) is 0. The van der Waals surface area contributed by atoms with Crippen LogP contribution in [0.1, 0.15) is 117 Å². The summed E-state index contributed by atoms with van der Waals surface area (Å²) in [6, 6.07) is 0. The average Bonchev–Trinajstić information content (AvgIpc) is 2.80. The molecule has 0 amide bonds. The lowest BCUT2D eigenvalue weighted by Crippen LogP contribution is -2.19. The van der Waals surface area contributed by atoms with Crippen molar-refractivity contribution in [1.82, 2.24) is 0 Å². The molecule has 0 bridgehead atoms. The molecular formula is C27H54O5. The van der Waals surface area contributed by atoms with E-state index in [0.29, 0.717) is 39.0 Å². The van der Waals surface area contributed by atoms with E-state index >= 15 is 0 Å². The zero-order valence-corrected chi connectivity index (χ0v) is 21.7. The van der Waals surface area contributed by atoms with Crippen LogP contribution in [0, 0.1) is 5.92 Å². The molecule has 0 rings (SSSR count). The molecule has 0 fully saturated rings. The second-order valence-corrected chi connectivity index (χ2v) is 9.03.